The smallest absolute Gasteiger partial charge is 0.330 e. The molecule has 0 fully saturated rings. The molecule has 0 unspecified atom stereocenters. The average molecular weight is 487 g/mol. The summed E-state index contributed by atoms with van der Waals surface area (Å²) in [6, 6.07) is 5.36. The lowest BCUT2D eigenvalue weighted by Gasteiger charge is -2.11. The van der Waals surface area contributed by atoms with Gasteiger partial charge in [0.2, 0.25) is 5.16 Å². The van der Waals surface area contributed by atoms with Gasteiger partial charge in [-0.1, -0.05) is 25.1 Å². The van der Waals surface area contributed by atoms with E-state index >= 15 is 0 Å². The summed E-state index contributed by atoms with van der Waals surface area (Å²) in [6.07, 6.45) is 1.72. The minimum Gasteiger partial charge on any atom is -0.497 e. The Balaban J connectivity index is 1.71. The third-order valence-corrected chi connectivity index (χ3v) is 6.32. The van der Waals surface area contributed by atoms with Crippen LogP contribution in [0.2, 0.25) is 0 Å². The van der Waals surface area contributed by atoms with Gasteiger partial charge in [-0.25, -0.2) is 9.78 Å². The number of thioether (sulfide) groups is 1. The first-order valence-corrected chi connectivity index (χ1v) is 11.9. The number of tetrazole rings is 1. The predicted octanol–water partition coefficient (Wildman–Crippen LogP) is 1.99. The normalized spacial score (nSPS) is 11.3. The quantitative estimate of drug-likeness (QED) is 0.334. The molecule has 0 radical (unpaired) electrons. The van der Waals surface area contributed by atoms with Gasteiger partial charge in [-0.05, 0) is 35.9 Å². The molecule has 0 saturated heterocycles. The fourth-order valence-electron chi connectivity index (χ4n) is 3.70. The van der Waals surface area contributed by atoms with Crippen molar-refractivity contribution in [1.29, 1.82) is 0 Å². The Morgan fingerprint density at radius 2 is 1.94 bits per heavy atom. The first kappa shape index (κ1) is 23.5. The molecule has 0 amide bonds. The number of aromatic amines is 1. The number of H-pyrrole nitrogens is 1. The van der Waals surface area contributed by atoms with E-state index in [-0.39, 0.29) is 0 Å². The van der Waals surface area contributed by atoms with Crippen molar-refractivity contribution in [2.24, 2.45) is 0 Å². The highest BCUT2D eigenvalue weighted by Gasteiger charge is 2.20. The first-order valence-electron chi connectivity index (χ1n) is 10.9. The van der Waals surface area contributed by atoms with Gasteiger partial charge in [0.15, 0.2) is 11.2 Å². The Labute approximate surface area is 198 Å². The molecule has 0 aliphatic heterocycles. The van der Waals surface area contributed by atoms with E-state index in [0.717, 1.165) is 12.8 Å². The molecule has 34 heavy (non-hydrogen) atoms. The molecule has 0 saturated carbocycles. The molecule has 1 aromatic carbocycles. The molecular formula is C21H26N8O4S. The van der Waals surface area contributed by atoms with Crippen LogP contribution in [-0.2, 0) is 18.8 Å². The summed E-state index contributed by atoms with van der Waals surface area (Å²) in [5.74, 6) is 2.26. The Morgan fingerprint density at radius 1 is 1.12 bits per heavy atom. The van der Waals surface area contributed by atoms with Crippen molar-refractivity contribution in [2.45, 2.75) is 50.7 Å². The number of hydrogen-bond donors (Lipinski definition) is 1. The van der Waals surface area contributed by atoms with Crippen molar-refractivity contribution in [3.05, 3.63) is 44.9 Å². The highest BCUT2D eigenvalue weighted by molar-refractivity contribution is 7.98. The number of methoxy groups -OCH3 is 2. The van der Waals surface area contributed by atoms with Crippen molar-refractivity contribution in [1.82, 2.24) is 39.3 Å². The van der Waals surface area contributed by atoms with E-state index in [1.165, 1.54) is 16.3 Å². The summed E-state index contributed by atoms with van der Waals surface area (Å²) in [5.41, 5.74) is 0.532. The minimum absolute atomic E-state index is 0.386. The Hall–Kier alpha value is -3.61. The van der Waals surface area contributed by atoms with Crippen molar-refractivity contribution >= 4 is 22.9 Å². The molecule has 180 valence electrons. The second kappa shape index (κ2) is 10.1. The number of hydrogen-bond acceptors (Lipinski definition) is 9. The molecule has 0 atom stereocenters. The lowest BCUT2D eigenvalue weighted by molar-refractivity contribution is 0.399. The van der Waals surface area contributed by atoms with Crippen LogP contribution < -0.4 is 20.7 Å². The number of imidazole rings is 1. The summed E-state index contributed by atoms with van der Waals surface area (Å²) < 4.78 is 15.7. The van der Waals surface area contributed by atoms with Crippen molar-refractivity contribution in [3.63, 3.8) is 0 Å². The number of nitrogens with zero attached hydrogens (tertiary/aromatic N) is 7. The van der Waals surface area contributed by atoms with Gasteiger partial charge in [0, 0.05) is 19.2 Å². The van der Waals surface area contributed by atoms with Crippen molar-refractivity contribution in [3.8, 4) is 17.2 Å². The number of nitrogens with one attached hydrogen (secondary N) is 1. The van der Waals surface area contributed by atoms with Crippen molar-refractivity contribution < 1.29 is 9.47 Å². The number of aryl methyl sites for hydroxylation is 2. The Morgan fingerprint density at radius 3 is 2.65 bits per heavy atom. The van der Waals surface area contributed by atoms with Crippen LogP contribution in [0.15, 0.2) is 32.9 Å². The topological polar surface area (TPSA) is 135 Å². The Kier molecular flexibility index (Phi) is 7.01. The molecule has 0 aliphatic carbocycles. The maximum absolute atomic E-state index is 12.6. The van der Waals surface area contributed by atoms with Crippen LogP contribution in [-0.4, -0.2) is 53.5 Å². The Bertz CT molecular complexity index is 1420. The SMILES string of the molecule is CCCCn1c(=O)[nH]c(=O)c2c1nc(CSc1nnnn1-c1cc(OC)ccc1OC)n2CC. The van der Waals surface area contributed by atoms with Gasteiger partial charge in [-0.2, -0.15) is 4.68 Å². The number of fused-ring (bicyclic) bond motifs is 1. The fraction of sp³-hybridized carbons (Fsp3) is 0.429. The van der Waals surface area contributed by atoms with Gasteiger partial charge < -0.3 is 14.0 Å². The van der Waals surface area contributed by atoms with Crippen LogP contribution in [0.5, 0.6) is 11.5 Å². The molecule has 3 heterocycles. The van der Waals surface area contributed by atoms with Gasteiger partial charge in [-0.15, -0.1) is 5.10 Å². The molecule has 4 aromatic rings. The number of aromatic nitrogens is 8. The monoisotopic (exact) mass is 486 g/mol. The van der Waals surface area contributed by atoms with Crippen LogP contribution in [0.3, 0.4) is 0 Å². The molecule has 0 spiro atoms. The average Bonchev–Trinajstić information content (AvgIpc) is 3.46. The van der Waals surface area contributed by atoms with E-state index in [1.807, 2.05) is 18.4 Å². The van der Waals surface area contributed by atoms with Gasteiger partial charge >= 0.3 is 5.69 Å². The summed E-state index contributed by atoms with van der Waals surface area (Å²) >= 11 is 1.36. The van der Waals surface area contributed by atoms with E-state index in [9.17, 15) is 9.59 Å². The maximum Gasteiger partial charge on any atom is 0.330 e. The van der Waals surface area contributed by atoms with Crippen LogP contribution in [0.25, 0.3) is 16.9 Å². The van der Waals surface area contributed by atoms with Crippen LogP contribution in [0, 0.1) is 0 Å². The summed E-state index contributed by atoms with van der Waals surface area (Å²) in [7, 11) is 3.15. The molecular weight excluding hydrogens is 460 g/mol. The second-order valence-corrected chi connectivity index (χ2v) is 8.35. The van der Waals surface area contributed by atoms with Crippen LogP contribution >= 0.6 is 11.8 Å². The third kappa shape index (κ3) is 4.30. The van der Waals surface area contributed by atoms with Gasteiger partial charge in [-0.3, -0.25) is 14.3 Å². The van der Waals surface area contributed by atoms with Crippen LogP contribution in [0.1, 0.15) is 32.5 Å². The lowest BCUT2D eigenvalue weighted by Crippen LogP contribution is -2.31. The molecule has 0 bridgehead atoms. The van der Waals surface area contributed by atoms with E-state index in [1.54, 1.807) is 37.1 Å². The molecule has 1 N–H and O–H groups in total. The molecule has 12 nitrogen and oxygen atoms in total. The number of rotatable bonds is 10. The van der Waals surface area contributed by atoms with Gasteiger partial charge in [0.05, 0.1) is 20.0 Å². The first-order chi connectivity index (χ1) is 16.5. The van der Waals surface area contributed by atoms with E-state index < -0.39 is 11.2 Å². The summed E-state index contributed by atoms with van der Waals surface area (Å²) in [5, 5.41) is 12.6. The van der Waals surface area contributed by atoms with Crippen molar-refractivity contribution in [2.75, 3.05) is 14.2 Å². The van der Waals surface area contributed by atoms with Gasteiger partial charge in [0.25, 0.3) is 5.56 Å². The second-order valence-electron chi connectivity index (χ2n) is 7.41. The van der Waals surface area contributed by atoms with E-state index in [0.29, 0.717) is 58.2 Å². The number of benzene rings is 1. The molecule has 0 aliphatic rings. The number of unbranched alkanes of at least 4 members (excludes halogenated alkanes) is 1. The molecule has 4 rings (SSSR count). The zero-order chi connectivity index (χ0) is 24.2. The summed E-state index contributed by atoms with van der Waals surface area (Å²) in [4.78, 5) is 32.2. The summed E-state index contributed by atoms with van der Waals surface area (Å²) in [6.45, 7) is 4.99. The molecule has 13 heteroatoms. The largest absolute Gasteiger partial charge is 0.497 e. The maximum atomic E-state index is 12.6. The van der Waals surface area contributed by atoms with Crippen LogP contribution in [0.4, 0.5) is 0 Å². The fourth-order valence-corrected chi connectivity index (χ4v) is 4.53. The third-order valence-electron chi connectivity index (χ3n) is 5.40. The zero-order valence-electron chi connectivity index (χ0n) is 19.4. The highest BCUT2D eigenvalue weighted by Crippen LogP contribution is 2.30. The number of ether oxygens (including phenoxy) is 2. The predicted molar refractivity (Wildman–Crippen MR) is 127 cm³/mol. The minimum atomic E-state index is -0.444. The standard InChI is InChI=1S/C21H26N8O4S/c1-5-7-10-28-18-17(19(30)23-20(28)31)27(6-2)16(22-18)12-34-21-24-25-26-29(21)14-11-13(32-3)8-9-15(14)33-4/h8-9,11H,5-7,10,12H2,1-4H3,(H,23,30,31). The zero-order valence-corrected chi connectivity index (χ0v) is 20.3. The lowest BCUT2D eigenvalue weighted by atomic mass is 10.3. The van der Waals surface area contributed by atoms with E-state index in [4.69, 9.17) is 9.47 Å². The van der Waals surface area contributed by atoms with Gasteiger partial charge in [0.1, 0.15) is 23.0 Å². The van der Waals surface area contributed by atoms with E-state index in [2.05, 4.69) is 25.5 Å². The highest BCUT2D eigenvalue weighted by atomic mass is 32.2. The molecule has 3 aromatic heterocycles.